The Hall–Kier alpha value is -2.16. The van der Waals surface area contributed by atoms with Crippen LogP contribution in [0.4, 0.5) is 0 Å². The lowest BCUT2D eigenvalue weighted by molar-refractivity contribution is -0.129. The Labute approximate surface area is 183 Å². The quantitative estimate of drug-likeness (QED) is 0.607. The highest BCUT2D eigenvalue weighted by atomic mass is 32.1. The topological polar surface area (TPSA) is 58.1 Å². The first-order valence-electron chi connectivity index (χ1n) is 10.3. The Morgan fingerprint density at radius 2 is 1.90 bits per heavy atom. The predicted molar refractivity (Wildman–Crippen MR) is 121 cm³/mol. The second-order valence-corrected chi connectivity index (χ2v) is 8.56. The number of hydrogen-bond acceptors (Lipinski definition) is 7. The maximum Gasteiger partial charge on any atom is 0.228 e. The molecule has 0 unspecified atom stereocenters. The van der Waals surface area contributed by atoms with E-state index in [9.17, 15) is 4.79 Å². The van der Waals surface area contributed by atoms with Crippen LogP contribution in [0, 0.1) is 0 Å². The zero-order valence-corrected chi connectivity index (χ0v) is 19.2. The van der Waals surface area contributed by atoms with Crippen molar-refractivity contribution >= 4 is 17.2 Å². The molecule has 0 N–H and O–H groups in total. The van der Waals surface area contributed by atoms with Crippen molar-refractivity contribution in [3.05, 3.63) is 29.3 Å². The fraction of sp³-hybridized carbons (Fsp3) is 0.545. The molecule has 164 valence electrons. The second kappa shape index (κ2) is 10.7. The van der Waals surface area contributed by atoms with E-state index < -0.39 is 0 Å². The van der Waals surface area contributed by atoms with E-state index in [2.05, 4.69) is 21.8 Å². The number of aromatic nitrogens is 1. The molecule has 1 aromatic carbocycles. The standard InChI is InChI=1S/C22H32N4O3S/c1-24-10-12-26(13-11-24)9-5-8-25(2)21(27)15-18-16-30-22(23-18)17-6-7-19(28-3)20(14-17)29-4/h6-7,14,16H,5,8-13,15H2,1-4H3. The lowest BCUT2D eigenvalue weighted by Gasteiger charge is -2.32. The van der Waals surface area contributed by atoms with Crippen LogP contribution in [0.2, 0.25) is 0 Å². The third kappa shape index (κ3) is 5.93. The van der Waals surface area contributed by atoms with Crippen LogP contribution in [0.3, 0.4) is 0 Å². The van der Waals surface area contributed by atoms with Crippen molar-refractivity contribution in [2.75, 3.05) is 67.6 Å². The van der Waals surface area contributed by atoms with Crippen molar-refractivity contribution < 1.29 is 14.3 Å². The molecule has 1 saturated heterocycles. The monoisotopic (exact) mass is 432 g/mol. The molecule has 0 aliphatic carbocycles. The van der Waals surface area contributed by atoms with Gasteiger partial charge in [-0.1, -0.05) is 0 Å². The van der Waals surface area contributed by atoms with E-state index in [1.807, 2.05) is 35.5 Å². The average molecular weight is 433 g/mol. The summed E-state index contributed by atoms with van der Waals surface area (Å²) in [4.78, 5) is 23.9. The number of piperazine rings is 1. The number of benzene rings is 1. The van der Waals surface area contributed by atoms with Gasteiger partial charge in [-0.15, -0.1) is 11.3 Å². The second-order valence-electron chi connectivity index (χ2n) is 7.70. The number of nitrogens with zero attached hydrogens (tertiary/aromatic N) is 4. The van der Waals surface area contributed by atoms with Crippen molar-refractivity contribution in [2.24, 2.45) is 0 Å². The lowest BCUT2D eigenvalue weighted by atomic mass is 10.2. The third-order valence-electron chi connectivity index (χ3n) is 5.50. The van der Waals surface area contributed by atoms with Gasteiger partial charge in [0, 0.05) is 50.7 Å². The molecule has 3 rings (SSSR count). The van der Waals surface area contributed by atoms with Gasteiger partial charge in [-0.25, -0.2) is 4.98 Å². The van der Waals surface area contributed by atoms with Crippen LogP contribution >= 0.6 is 11.3 Å². The molecule has 1 aromatic heterocycles. The Bertz CT molecular complexity index is 834. The van der Waals surface area contributed by atoms with Gasteiger partial charge in [0.15, 0.2) is 11.5 Å². The van der Waals surface area contributed by atoms with Gasteiger partial charge in [-0.3, -0.25) is 4.79 Å². The summed E-state index contributed by atoms with van der Waals surface area (Å²) in [5.41, 5.74) is 1.76. The highest BCUT2D eigenvalue weighted by Gasteiger charge is 2.16. The molecule has 1 fully saturated rings. The molecular weight excluding hydrogens is 400 g/mol. The number of carbonyl (C=O) groups is 1. The Morgan fingerprint density at radius 1 is 1.17 bits per heavy atom. The summed E-state index contributed by atoms with van der Waals surface area (Å²) in [5.74, 6) is 1.46. The first-order valence-corrected chi connectivity index (χ1v) is 11.2. The Kier molecular flexibility index (Phi) is 8.07. The van der Waals surface area contributed by atoms with Gasteiger partial charge in [0.2, 0.25) is 5.91 Å². The van der Waals surface area contributed by atoms with Gasteiger partial charge in [0.25, 0.3) is 0 Å². The molecule has 0 spiro atoms. The van der Waals surface area contributed by atoms with Gasteiger partial charge in [-0.05, 0) is 38.2 Å². The molecular formula is C22H32N4O3S. The van der Waals surface area contributed by atoms with E-state index in [1.165, 1.54) is 11.3 Å². The van der Waals surface area contributed by atoms with E-state index in [1.54, 1.807) is 14.2 Å². The summed E-state index contributed by atoms with van der Waals surface area (Å²) in [6.07, 6.45) is 1.33. The molecule has 0 saturated carbocycles. The van der Waals surface area contributed by atoms with E-state index >= 15 is 0 Å². The number of rotatable bonds is 9. The number of ether oxygens (including phenoxy) is 2. The van der Waals surface area contributed by atoms with E-state index in [4.69, 9.17) is 9.47 Å². The van der Waals surface area contributed by atoms with Gasteiger partial charge >= 0.3 is 0 Å². The normalized spacial score (nSPS) is 15.2. The zero-order valence-electron chi connectivity index (χ0n) is 18.4. The molecule has 1 aliphatic rings. The van der Waals surface area contributed by atoms with Crippen LogP contribution in [0.15, 0.2) is 23.6 Å². The summed E-state index contributed by atoms with van der Waals surface area (Å²) >= 11 is 1.54. The van der Waals surface area contributed by atoms with Gasteiger partial charge < -0.3 is 24.2 Å². The van der Waals surface area contributed by atoms with E-state index in [0.29, 0.717) is 17.9 Å². The van der Waals surface area contributed by atoms with Crippen LogP contribution in [0.25, 0.3) is 10.6 Å². The number of likely N-dealkylation sites (N-methyl/N-ethyl adjacent to an activating group) is 2. The first-order chi connectivity index (χ1) is 14.5. The van der Waals surface area contributed by atoms with Gasteiger partial charge in [0.05, 0.1) is 26.3 Å². The highest BCUT2D eigenvalue weighted by molar-refractivity contribution is 7.13. The number of hydrogen-bond donors (Lipinski definition) is 0. The molecule has 0 radical (unpaired) electrons. The van der Waals surface area contributed by atoms with Crippen molar-refractivity contribution in [2.45, 2.75) is 12.8 Å². The van der Waals surface area contributed by atoms with Crippen LogP contribution in [0.1, 0.15) is 12.1 Å². The fourth-order valence-corrected chi connectivity index (χ4v) is 4.32. The summed E-state index contributed by atoms with van der Waals surface area (Å²) < 4.78 is 10.7. The fourth-order valence-electron chi connectivity index (χ4n) is 3.51. The molecule has 7 nitrogen and oxygen atoms in total. The number of thiazole rings is 1. The SMILES string of the molecule is COc1ccc(-c2nc(CC(=O)N(C)CCCN3CCN(C)CC3)cs2)cc1OC. The molecule has 1 amide bonds. The minimum atomic E-state index is 0.109. The third-order valence-corrected chi connectivity index (χ3v) is 6.44. The molecule has 2 heterocycles. The first kappa shape index (κ1) is 22.5. The molecule has 0 bridgehead atoms. The summed E-state index contributed by atoms with van der Waals surface area (Å²) in [6.45, 7) is 6.31. The Balaban J connectivity index is 1.49. The van der Waals surface area contributed by atoms with Crippen LogP contribution in [-0.2, 0) is 11.2 Å². The van der Waals surface area contributed by atoms with Crippen molar-refractivity contribution in [3.63, 3.8) is 0 Å². The summed E-state index contributed by atoms with van der Waals surface area (Å²) in [7, 11) is 7.28. The maximum atomic E-state index is 12.6. The molecule has 2 aromatic rings. The molecule has 0 atom stereocenters. The Morgan fingerprint density at radius 3 is 2.60 bits per heavy atom. The van der Waals surface area contributed by atoms with Crippen LogP contribution < -0.4 is 9.47 Å². The maximum absolute atomic E-state index is 12.6. The average Bonchev–Trinajstić information content (AvgIpc) is 3.22. The predicted octanol–water partition coefficient (Wildman–Crippen LogP) is 2.47. The molecule has 30 heavy (non-hydrogen) atoms. The summed E-state index contributed by atoms with van der Waals surface area (Å²) in [5, 5.41) is 2.83. The summed E-state index contributed by atoms with van der Waals surface area (Å²) in [6, 6.07) is 5.73. The smallest absolute Gasteiger partial charge is 0.228 e. The zero-order chi connectivity index (χ0) is 21.5. The number of amides is 1. The van der Waals surface area contributed by atoms with Crippen molar-refractivity contribution in [1.29, 1.82) is 0 Å². The van der Waals surface area contributed by atoms with Crippen LogP contribution in [0.5, 0.6) is 11.5 Å². The van der Waals surface area contributed by atoms with E-state index in [-0.39, 0.29) is 5.91 Å². The highest BCUT2D eigenvalue weighted by Crippen LogP contribution is 2.33. The van der Waals surface area contributed by atoms with Crippen molar-refractivity contribution in [3.8, 4) is 22.1 Å². The minimum Gasteiger partial charge on any atom is -0.493 e. The lowest BCUT2D eigenvalue weighted by Crippen LogP contribution is -2.45. The van der Waals surface area contributed by atoms with Crippen LogP contribution in [-0.4, -0.2) is 93.2 Å². The van der Waals surface area contributed by atoms with Gasteiger partial charge in [-0.2, -0.15) is 0 Å². The number of methoxy groups -OCH3 is 2. The molecule has 1 aliphatic heterocycles. The van der Waals surface area contributed by atoms with Gasteiger partial charge in [0.1, 0.15) is 5.01 Å². The number of carbonyl (C=O) groups excluding carboxylic acids is 1. The minimum absolute atomic E-state index is 0.109. The van der Waals surface area contributed by atoms with E-state index in [0.717, 1.165) is 62.0 Å². The van der Waals surface area contributed by atoms with Crippen molar-refractivity contribution in [1.82, 2.24) is 19.7 Å². The molecule has 8 heteroatoms. The largest absolute Gasteiger partial charge is 0.493 e.